The molecule has 2 amide bonds. The Morgan fingerprint density at radius 2 is 0.897 bits per heavy atom. The molecular weight excluding hydrogens is 488 g/mol. The molecule has 2 aromatic heterocycles. The molecule has 200 valence electrons. The van der Waals surface area contributed by atoms with Crippen molar-refractivity contribution in [1.82, 2.24) is 10.6 Å². The zero-order valence-corrected chi connectivity index (χ0v) is 22.2. The third-order valence-electron chi connectivity index (χ3n) is 6.22. The highest BCUT2D eigenvalue weighted by molar-refractivity contribution is 5.74. The fourth-order valence-corrected chi connectivity index (χ4v) is 4.12. The van der Waals surface area contributed by atoms with Gasteiger partial charge in [-0.2, -0.15) is 9.13 Å². The first-order valence-corrected chi connectivity index (χ1v) is 13.4. The van der Waals surface area contributed by atoms with Crippen molar-refractivity contribution in [2.75, 3.05) is 26.3 Å². The van der Waals surface area contributed by atoms with E-state index in [9.17, 15) is 9.59 Å². The third kappa shape index (κ3) is 9.47. The van der Waals surface area contributed by atoms with Gasteiger partial charge in [-0.1, -0.05) is 60.7 Å². The molecule has 0 saturated heterocycles. The molecule has 0 bridgehead atoms. The van der Waals surface area contributed by atoms with E-state index in [0.717, 1.165) is 35.1 Å². The second kappa shape index (κ2) is 15.1. The first-order valence-electron chi connectivity index (χ1n) is 13.4. The number of carbonyl (C=O) groups excluding carboxylic acids is 2. The van der Waals surface area contributed by atoms with Crippen LogP contribution in [0.1, 0.15) is 12.8 Å². The lowest BCUT2D eigenvalue weighted by Crippen LogP contribution is -2.42. The molecule has 0 radical (unpaired) electrons. The summed E-state index contributed by atoms with van der Waals surface area (Å²) in [6.07, 6.45) is 9.17. The zero-order chi connectivity index (χ0) is 27.1. The van der Waals surface area contributed by atoms with Crippen LogP contribution in [0.25, 0.3) is 22.3 Å². The number of aromatic nitrogens is 2. The van der Waals surface area contributed by atoms with E-state index in [1.807, 2.05) is 94.6 Å². The fourth-order valence-electron chi connectivity index (χ4n) is 4.12. The van der Waals surface area contributed by atoms with Crippen LogP contribution in [0.3, 0.4) is 0 Å². The van der Waals surface area contributed by atoms with Crippen LogP contribution in [0.15, 0.2) is 110 Å². The van der Waals surface area contributed by atoms with Gasteiger partial charge >= 0.3 is 0 Å². The Hall–Kier alpha value is -4.36. The van der Waals surface area contributed by atoms with Gasteiger partial charge in [0.05, 0.1) is 0 Å². The Kier molecular flexibility index (Phi) is 10.7. The van der Waals surface area contributed by atoms with Crippen molar-refractivity contribution < 1.29 is 23.5 Å². The van der Waals surface area contributed by atoms with Crippen LogP contribution in [0, 0.1) is 0 Å². The van der Waals surface area contributed by atoms with Crippen LogP contribution in [0.5, 0.6) is 0 Å². The van der Waals surface area contributed by atoms with Gasteiger partial charge in [-0.25, -0.2) is 0 Å². The quantitative estimate of drug-likeness (QED) is 0.196. The average molecular weight is 525 g/mol. The van der Waals surface area contributed by atoms with Crippen LogP contribution >= 0.6 is 0 Å². The smallest absolute Gasteiger partial charge is 0.285 e. The highest BCUT2D eigenvalue weighted by Crippen LogP contribution is 2.17. The maximum Gasteiger partial charge on any atom is 0.285 e. The zero-order valence-electron chi connectivity index (χ0n) is 22.2. The van der Waals surface area contributed by atoms with Gasteiger partial charge in [0.15, 0.2) is 24.8 Å². The summed E-state index contributed by atoms with van der Waals surface area (Å²) in [5.41, 5.74) is 4.55. The van der Waals surface area contributed by atoms with E-state index in [1.54, 1.807) is 0 Å². The molecule has 7 nitrogen and oxygen atoms in total. The molecular formula is C32H36N4O3+2. The van der Waals surface area contributed by atoms with Gasteiger partial charge in [-0.3, -0.25) is 9.59 Å². The van der Waals surface area contributed by atoms with Crippen LogP contribution < -0.4 is 19.8 Å². The lowest BCUT2D eigenvalue weighted by atomic mass is 10.1. The van der Waals surface area contributed by atoms with Gasteiger partial charge in [0.2, 0.25) is 13.1 Å². The van der Waals surface area contributed by atoms with Crippen molar-refractivity contribution >= 4 is 11.8 Å². The molecule has 7 heteroatoms. The van der Waals surface area contributed by atoms with Gasteiger partial charge in [0.1, 0.15) is 0 Å². The molecule has 0 unspecified atom stereocenters. The molecule has 0 spiro atoms. The molecule has 0 fully saturated rings. The highest BCUT2D eigenvalue weighted by Gasteiger charge is 2.10. The number of ether oxygens (including phenoxy) is 1. The minimum Gasteiger partial charge on any atom is -0.381 e. The molecule has 0 atom stereocenters. The molecule has 2 heterocycles. The molecule has 0 saturated carbocycles. The first kappa shape index (κ1) is 27.7. The van der Waals surface area contributed by atoms with E-state index >= 15 is 0 Å². The maximum atomic E-state index is 12.2. The Labute approximate surface area is 230 Å². The molecule has 0 aliphatic heterocycles. The van der Waals surface area contributed by atoms with Gasteiger partial charge in [0.25, 0.3) is 11.8 Å². The van der Waals surface area contributed by atoms with E-state index in [-0.39, 0.29) is 24.9 Å². The predicted molar refractivity (Wildman–Crippen MR) is 150 cm³/mol. The number of hydrogen-bond acceptors (Lipinski definition) is 3. The summed E-state index contributed by atoms with van der Waals surface area (Å²) in [5.74, 6) is -0.0505. The fraction of sp³-hybridized carbons (Fsp3) is 0.250. The average Bonchev–Trinajstić information content (AvgIpc) is 2.98. The number of amides is 2. The second-order valence-corrected chi connectivity index (χ2v) is 9.27. The predicted octanol–water partition coefficient (Wildman–Crippen LogP) is 3.33. The number of carbonyl (C=O) groups is 2. The summed E-state index contributed by atoms with van der Waals surface area (Å²) in [6, 6.07) is 28.4. The topological polar surface area (TPSA) is 75.2 Å². The van der Waals surface area contributed by atoms with E-state index < -0.39 is 0 Å². The summed E-state index contributed by atoms with van der Waals surface area (Å²) in [4.78, 5) is 24.4. The molecule has 0 aliphatic carbocycles. The Balaban J connectivity index is 1.01. The largest absolute Gasteiger partial charge is 0.381 e. The lowest BCUT2D eigenvalue weighted by molar-refractivity contribution is -0.684. The van der Waals surface area contributed by atoms with Gasteiger partial charge in [-0.05, 0) is 35.1 Å². The number of pyridine rings is 2. The molecule has 2 N–H and O–H groups in total. The Morgan fingerprint density at radius 3 is 1.28 bits per heavy atom. The summed E-state index contributed by atoms with van der Waals surface area (Å²) in [5, 5.41) is 5.86. The summed E-state index contributed by atoms with van der Waals surface area (Å²) >= 11 is 0. The number of rotatable bonds is 14. The monoisotopic (exact) mass is 524 g/mol. The molecule has 4 aromatic rings. The standard InChI is InChI=1S/C32H34N4O3/c37-31(25-35-19-13-29(14-20-35)27-9-3-1-4-10-27)33-17-7-23-39-24-8-18-34-32(38)26-36-21-15-30(16-22-36)28-11-5-2-6-12-28/h1-6,9-16,19-22H,7-8,17-18,23-26H2/p+2. The summed E-state index contributed by atoms with van der Waals surface area (Å²) in [7, 11) is 0. The van der Waals surface area contributed by atoms with Gasteiger partial charge in [0, 0.05) is 50.6 Å². The van der Waals surface area contributed by atoms with Crippen molar-refractivity contribution in [2.45, 2.75) is 25.9 Å². The Morgan fingerprint density at radius 1 is 0.538 bits per heavy atom. The van der Waals surface area contributed by atoms with Crippen LogP contribution in [0.2, 0.25) is 0 Å². The van der Waals surface area contributed by atoms with E-state index in [0.29, 0.717) is 26.3 Å². The number of hydrogen-bond donors (Lipinski definition) is 2. The van der Waals surface area contributed by atoms with Gasteiger partial charge in [-0.15, -0.1) is 0 Å². The third-order valence-corrected chi connectivity index (χ3v) is 6.22. The van der Waals surface area contributed by atoms with E-state index in [2.05, 4.69) is 34.9 Å². The minimum atomic E-state index is -0.0252. The number of benzene rings is 2. The maximum absolute atomic E-state index is 12.2. The number of nitrogens with one attached hydrogen (secondary N) is 2. The lowest BCUT2D eigenvalue weighted by Gasteiger charge is -2.06. The van der Waals surface area contributed by atoms with Crippen molar-refractivity contribution in [3.8, 4) is 22.3 Å². The highest BCUT2D eigenvalue weighted by atomic mass is 16.5. The Bertz CT molecular complexity index is 1190. The molecule has 39 heavy (non-hydrogen) atoms. The van der Waals surface area contributed by atoms with E-state index in [1.165, 1.54) is 0 Å². The second-order valence-electron chi connectivity index (χ2n) is 9.27. The minimum absolute atomic E-state index is 0.0252. The van der Waals surface area contributed by atoms with E-state index in [4.69, 9.17) is 4.74 Å². The molecule has 2 aromatic carbocycles. The van der Waals surface area contributed by atoms with Crippen LogP contribution in [0.4, 0.5) is 0 Å². The summed E-state index contributed by atoms with van der Waals surface area (Å²) < 4.78 is 9.36. The van der Waals surface area contributed by atoms with Crippen LogP contribution in [-0.2, 0) is 27.4 Å². The van der Waals surface area contributed by atoms with Crippen molar-refractivity contribution in [3.05, 3.63) is 110 Å². The molecule has 0 aliphatic rings. The first-order chi connectivity index (χ1) is 19.2. The van der Waals surface area contributed by atoms with Crippen molar-refractivity contribution in [1.29, 1.82) is 0 Å². The number of nitrogens with zero attached hydrogens (tertiary/aromatic N) is 2. The summed E-state index contributed by atoms with van der Waals surface area (Å²) in [6.45, 7) is 2.83. The van der Waals surface area contributed by atoms with Crippen molar-refractivity contribution in [3.63, 3.8) is 0 Å². The van der Waals surface area contributed by atoms with Crippen LogP contribution in [-0.4, -0.2) is 38.1 Å². The van der Waals surface area contributed by atoms with Crippen molar-refractivity contribution in [2.24, 2.45) is 0 Å². The molecule has 4 rings (SSSR count). The van der Waals surface area contributed by atoms with Gasteiger partial charge < -0.3 is 15.4 Å². The SMILES string of the molecule is O=C(C[n+]1ccc(-c2ccccc2)cc1)NCCCOCCCNC(=O)C[n+]1ccc(-c2ccccc2)cc1. The normalized spacial score (nSPS) is 10.7.